The maximum Gasteiger partial charge on any atom is 0.323 e. The van der Waals surface area contributed by atoms with Gasteiger partial charge < -0.3 is 14.7 Å². The topological polar surface area (TPSA) is 87.2 Å². The van der Waals surface area contributed by atoms with E-state index in [1.807, 2.05) is 11.0 Å². The average molecular weight is 551 g/mol. The van der Waals surface area contributed by atoms with Gasteiger partial charge in [-0.2, -0.15) is 0 Å². The van der Waals surface area contributed by atoms with E-state index in [0.717, 1.165) is 38.0 Å². The number of methoxy groups -OCH3 is 1. The molecule has 0 spiro atoms. The van der Waals surface area contributed by atoms with E-state index in [9.17, 15) is 27.1 Å². The fourth-order valence-corrected chi connectivity index (χ4v) is 7.25. The van der Waals surface area contributed by atoms with Crippen LogP contribution in [0.2, 0.25) is 0 Å². The molecule has 2 heterocycles. The highest BCUT2D eigenvalue weighted by molar-refractivity contribution is 7.91. The Hall–Kier alpha value is -2.40. The summed E-state index contributed by atoms with van der Waals surface area (Å²) in [6, 6.07) is 10.8. The van der Waals surface area contributed by atoms with Crippen molar-refractivity contribution >= 4 is 15.8 Å². The number of rotatable bonds is 11. The van der Waals surface area contributed by atoms with E-state index < -0.39 is 27.7 Å². The molecule has 2 saturated heterocycles. The normalized spacial score (nSPS) is 22.5. The fraction of sp³-hybridized carbons (Fsp3) is 0.536. The zero-order valence-corrected chi connectivity index (χ0v) is 22.5. The number of hydrogen-bond donors (Lipinski definition) is 1. The van der Waals surface area contributed by atoms with Crippen LogP contribution in [-0.4, -0.2) is 87.5 Å². The lowest BCUT2D eigenvalue weighted by Gasteiger charge is -2.34. The number of nitrogens with zero attached hydrogens (tertiary/aromatic N) is 2. The third-order valence-corrected chi connectivity index (χ3v) is 9.73. The van der Waals surface area contributed by atoms with Gasteiger partial charge in [0.2, 0.25) is 0 Å². The molecule has 2 aliphatic heterocycles. The highest BCUT2D eigenvalue weighted by Gasteiger charge is 2.40. The number of piperidine rings is 1. The summed E-state index contributed by atoms with van der Waals surface area (Å²) in [4.78, 5) is 16.3. The Morgan fingerprint density at radius 3 is 2.42 bits per heavy atom. The number of aliphatic carboxylic acids is 1. The monoisotopic (exact) mass is 550 g/mol. The summed E-state index contributed by atoms with van der Waals surface area (Å²) < 4.78 is 57.6. The van der Waals surface area contributed by atoms with E-state index in [1.54, 1.807) is 12.1 Å². The minimum absolute atomic E-state index is 0.00276. The Kier molecular flexibility index (Phi) is 9.51. The van der Waals surface area contributed by atoms with Gasteiger partial charge in [0.25, 0.3) is 0 Å². The zero-order valence-electron chi connectivity index (χ0n) is 21.6. The van der Waals surface area contributed by atoms with Crippen molar-refractivity contribution in [2.45, 2.75) is 36.1 Å². The smallest absolute Gasteiger partial charge is 0.323 e. The summed E-state index contributed by atoms with van der Waals surface area (Å²) in [5.41, 5.74) is 0.875. The predicted octanol–water partition coefficient (Wildman–Crippen LogP) is 3.66. The van der Waals surface area contributed by atoms with Crippen LogP contribution in [0.3, 0.4) is 0 Å². The van der Waals surface area contributed by atoms with Gasteiger partial charge in [0, 0.05) is 32.7 Å². The molecule has 2 aliphatic rings. The molecule has 10 heteroatoms. The maximum atomic E-state index is 14.0. The largest absolute Gasteiger partial charge is 0.480 e. The van der Waals surface area contributed by atoms with Crippen molar-refractivity contribution in [2.75, 3.05) is 52.2 Å². The van der Waals surface area contributed by atoms with Crippen molar-refractivity contribution in [2.24, 2.45) is 11.8 Å². The van der Waals surface area contributed by atoms with Gasteiger partial charge in [-0.3, -0.25) is 9.69 Å². The van der Waals surface area contributed by atoms with Crippen LogP contribution in [0.25, 0.3) is 0 Å². The third-order valence-electron chi connectivity index (χ3n) is 7.96. The number of carboxylic acids is 1. The molecule has 0 radical (unpaired) electrons. The van der Waals surface area contributed by atoms with Crippen LogP contribution in [0.1, 0.15) is 30.7 Å². The van der Waals surface area contributed by atoms with E-state index in [-0.39, 0.29) is 34.9 Å². The van der Waals surface area contributed by atoms with Gasteiger partial charge >= 0.3 is 5.97 Å². The highest BCUT2D eigenvalue weighted by atomic mass is 32.2. The molecular formula is C28H36F2N2O5S. The molecule has 0 amide bonds. The maximum absolute atomic E-state index is 14.0. The van der Waals surface area contributed by atoms with E-state index in [1.165, 1.54) is 37.4 Å². The van der Waals surface area contributed by atoms with Gasteiger partial charge in [-0.15, -0.1) is 0 Å². The fourth-order valence-electron chi connectivity index (χ4n) is 5.82. The minimum Gasteiger partial charge on any atom is -0.480 e. The Labute approximate surface area is 223 Å². The van der Waals surface area contributed by atoms with Crippen LogP contribution in [0.15, 0.2) is 53.4 Å². The van der Waals surface area contributed by atoms with Crippen molar-refractivity contribution in [3.63, 3.8) is 0 Å². The Morgan fingerprint density at radius 2 is 1.79 bits per heavy atom. The SMILES string of the molecule is COCC(C(=O)O)N1CC(CN2CCC(CCS(=O)(=O)c3ccc(F)cc3)CC2)C(c2cccc(F)c2)C1. The number of ether oxygens (including phenoxy) is 1. The third kappa shape index (κ3) is 7.16. The molecule has 1 N–H and O–H groups in total. The van der Waals surface area contributed by atoms with Crippen LogP contribution in [-0.2, 0) is 19.4 Å². The van der Waals surface area contributed by atoms with Gasteiger partial charge in [0.15, 0.2) is 9.84 Å². The number of halogens is 2. The van der Waals surface area contributed by atoms with Crippen LogP contribution in [0.4, 0.5) is 8.78 Å². The first-order chi connectivity index (χ1) is 18.2. The zero-order chi connectivity index (χ0) is 27.3. The Balaban J connectivity index is 1.35. The van der Waals surface area contributed by atoms with Gasteiger partial charge in [-0.1, -0.05) is 12.1 Å². The lowest BCUT2D eigenvalue weighted by atomic mass is 9.87. The number of hydrogen-bond acceptors (Lipinski definition) is 6. The first-order valence-corrected chi connectivity index (χ1v) is 14.7. The Bertz CT molecular complexity index is 1190. The summed E-state index contributed by atoms with van der Waals surface area (Å²) in [7, 11) is -1.96. The van der Waals surface area contributed by atoms with Crippen molar-refractivity contribution in [3.05, 3.63) is 65.7 Å². The van der Waals surface area contributed by atoms with Crippen LogP contribution >= 0.6 is 0 Å². The lowest BCUT2D eigenvalue weighted by Crippen LogP contribution is -2.44. The Morgan fingerprint density at radius 1 is 1.08 bits per heavy atom. The first-order valence-electron chi connectivity index (χ1n) is 13.1. The first kappa shape index (κ1) is 28.6. The molecule has 2 fully saturated rings. The van der Waals surface area contributed by atoms with E-state index in [2.05, 4.69) is 4.90 Å². The molecule has 0 aliphatic carbocycles. The van der Waals surface area contributed by atoms with Crippen LogP contribution < -0.4 is 0 Å². The van der Waals surface area contributed by atoms with Crippen molar-refractivity contribution in [1.29, 1.82) is 0 Å². The number of carboxylic acid groups (broad SMARTS) is 1. The van der Waals surface area contributed by atoms with E-state index in [0.29, 0.717) is 25.4 Å². The molecule has 208 valence electrons. The molecule has 0 bridgehead atoms. The quantitative estimate of drug-likeness (QED) is 0.428. The molecule has 0 aromatic heterocycles. The molecule has 2 aromatic carbocycles. The molecule has 3 unspecified atom stereocenters. The summed E-state index contributed by atoms with van der Waals surface area (Å²) in [6.45, 7) is 3.60. The standard InChI is InChI=1S/C28H36F2N2O5S/c1-37-19-27(28(33)34)32-17-22(26(18-32)21-3-2-4-24(30)15-21)16-31-12-9-20(10-13-31)11-14-38(35,36)25-7-5-23(29)6-8-25/h2-8,15,20,22,26-27H,9-14,16-19H2,1H3,(H,33,34). The average Bonchev–Trinajstić information content (AvgIpc) is 3.30. The van der Waals surface area contributed by atoms with Crippen molar-refractivity contribution in [1.82, 2.24) is 9.80 Å². The molecule has 38 heavy (non-hydrogen) atoms. The van der Waals surface area contributed by atoms with E-state index in [4.69, 9.17) is 4.74 Å². The summed E-state index contributed by atoms with van der Waals surface area (Å²) >= 11 is 0. The number of benzene rings is 2. The van der Waals surface area contributed by atoms with Crippen LogP contribution in [0.5, 0.6) is 0 Å². The molecule has 2 aromatic rings. The summed E-state index contributed by atoms with van der Waals surface area (Å²) in [5.74, 6) is -1.23. The molecule has 4 rings (SSSR count). The molecule has 3 atom stereocenters. The number of sulfone groups is 1. The van der Waals surface area contributed by atoms with Gasteiger partial charge in [0.05, 0.1) is 17.3 Å². The second kappa shape index (κ2) is 12.6. The van der Waals surface area contributed by atoms with Crippen molar-refractivity contribution in [3.8, 4) is 0 Å². The summed E-state index contributed by atoms with van der Waals surface area (Å²) in [5, 5.41) is 9.74. The van der Waals surface area contributed by atoms with Crippen LogP contribution in [0, 0.1) is 23.5 Å². The molecular weight excluding hydrogens is 514 g/mol. The van der Waals surface area contributed by atoms with Gasteiger partial charge in [-0.25, -0.2) is 17.2 Å². The predicted molar refractivity (Wildman–Crippen MR) is 140 cm³/mol. The highest BCUT2D eigenvalue weighted by Crippen LogP contribution is 2.36. The lowest BCUT2D eigenvalue weighted by molar-refractivity contribution is -0.144. The van der Waals surface area contributed by atoms with Crippen molar-refractivity contribution < 1.29 is 31.8 Å². The second-order valence-corrected chi connectivity index (χ2v) is 12.6. The summed E-state index contributed by atoms with van der Waals surface area (Å²) in [6.07, 6.45) is 2.32. The van der Waals surface area contributed by atoms with E-state index >= 15 is 0 Å². The number of carbonyl (C=O) groups is 1. The molecule has 7 nitrogen and oxygen atoms in total. The second-order valence-electron chi connectivity index (χ2n) is 10.5. The minimum atomic E-state index is -3.45. The van der Waals surface area contributed by atoms with Gasteiger partial charge in [-0.05, 0) is 86.1 Å². The van der Waals surface area contributed by atoms with Gasteiger partial charge in [0.1, 0.15) is 17.7 Å². The molecule has 0 saturated carbocycles. The number of likely N-dealkylation sites (tertiary alicyclic amines) is 2.